The van der Waals surface area contributed by atoms with Gasteiger partial charge in [-0.05, 0) is 20.3 Å². The molecule has 2 aromatic rings. The van der Waals surface area contributed by atoms with Crippen molar-refractivity contribution in [3.8, 4) is 0 Å². The molecule has 0 spiro atoms. The van der Waals surface area contributed by atoms with Crippen molar-refractivity contribution in [1.29, 1.82) is 0 Å². The largest absolute Gasteiger partial charge is 0.413 e. The highest BCUT2D eigenvalue weighted by molar-refractivity contribution is 7.09. The van der Waals surface area contributed by atoms with Gasteiger partial charge in [0.25, 0.3) is 5.56 Å². The van der Waals surface area contributed by atoms with Gasteiger partial charge < -0.3 is 14.5 Å². The highest BCUT2D eigenvalue weighted by Gasteiger charge is 2.59. The molecule has 0 saturated carbocycles. The van der Waals surface area contributed by atoms with Crippen LogP contribution in [-0.4, -0.2) is 58.1 Å². The molecule has 0 amide bonds. The number of alkyl halides is 3. The minimum absolute atomic E-state index is 0.0863. The maximum atomic E-state index is 14.1. The Balaban J connectivity index is 1.53. The van der Waals surface area contributed by atoms with Crippen LogP contribution in [0.2, 0.25) is 0 Å². The van der Waals surface area contributed by atoms with E-state index in [9.17, 15) is 18.0 Å². The van der Waals surface area contributed by atoms with Crippen molar-refractivity contribution >= 4 is 23.1 Å². The summed E-state index contributed by atoms with van der Waals surface area (Å²) in [4.78, 5) is 25.7. The molecule has 3 atom stereocenters. The molecule has 2 aromatic heterocycles. The Hall–Kier alpha value is -2.14. The van der Waals surface area contributed by atoms with E-state index in [-0.39, 0.29) is 24.6 Å². The number of halogens is 3. The number of hydrogen-bond donors (Lipinski definition) is 0. The van der Waals surface area contributed by atoms with Gasteiger partial charge in [-0.2, -0.15) is 18.2 Å². The molecule has 5 heterocycles. The first-order valence-corrected chi connectivity index (χ1v) is 10.8. The number of thiazole rings is 1. The minimum atomic E-state index is -4.52. The van der Waals surface area contributed by atoms with Crippen molar-refractivity contribution in [1.82, 2.24) is 14.5 Å². The number of nitrogens with zero attached hydrogens (tertiary/aromatic N) is 5. The zero-order valence-electron chi connectivity index (χ0n) is 16.6. The fourth-order valence-electron chi connectivity index (χ4n) is 4.65. The van der Waals surface area contributed by atoms with Crippen molar-refractivity contribution in [2.75, 3.05) is 29.5 Å². The lowest BCUT2D eigenvalue weighted by molar-refractivity contribution is -0.182. The van der Waals surface area contributed by atoms with Crippen molar-refractivity contribution in [2.24, 2.45) is 0 Å². The Kier molecular flexibility index (Phi) is 4.41. The third kappa shape index (κ3) is 2.93. The van der Waals surface area contributed by atoms with Gasteiger partial charge in [0.2, 0.25) is 5.95 Å². The van der Waals surface area contributed by atoms with E-state index in [1.54, 1.807) is 5.51 Å². The van der Waals surface area contributed by atoms with Crippen LogP contribution in [0.3, 0.4) is 0 Å². The molecule has 2 bridgehead atoms. The van der Waals surface area contributed by atoms with Gasteiger partial charge in [0.1, 0.15) is 5.82 Å². The van der Waals surface area contributed by atoms with Gasteiger partial charge in [0.15, 0.2) is 5.54 Å². The molecule has 2 fully saturated rings. The number of hydrogen-bond acceptors (Lipinski definition) is 7. The predicted octanol–water partition coefficient (Wildman–Crippen LogP) is 2.37. The fourth-order valence-corrected chi connectivity index (χ4v) is 5.42. The summed E-state index contributed by atoms with van der Waals surface area (Å²) in [6, 6.07) is 1.48. The molecule has 2 saturated heterocycles. The molecule has 0 aliphatic carbocycles. The van der Waals surface area contributed by atoms with Crippen LogP contribution in [0.5, 0.6) is 0 Å². The maximum absolute atomic E-state index is 14.1. The highest BCUT2D eigenvalue weighted by atomic mass is 32.1. The highest BCUT2D eigenvalue weighted by Crippen LogP contribution is 2.44. The number of rotatable bonds is 4. The summed E-state index contributed by atoms with van der Waals surface area (Å²) >= 11 is 1.43. The zero-order valence-corrected chi connectivity index (χ0v) is 17.5. The first-order chi connectivity index (χ1) is 14.2. The van der Waals surface area contributed by atoms with E-state index in [4.69, 9.17) is 4.74 Å². The van der Waals surface area contributed by atoms with E-state index in [2.05, 4.69) is 9.97 Å². The molecule has 30 heavy (non-hydrogen) atoms. The second-order valence-corrected chi connectivity index (χ2v) is 9.31. The number of aryl methyl sites for hydroxylation is 1. The Bertz CT molecular complexity index is 1040. The van der Waals surface area contributed by atoms with Crippen molar-refractivity contribution in [3.63, 3.8) is 0 Å². The lowest BCUT2D eigenvalue weighted by Gasteiger charge is -2.37. The number of ether oxygens (including phenoxy) is 1. The summed E-state index contributed by atoms with van der Waals surface area (Å²) in [6.45, 7) is 3.79. The summed E-state index contributed by atoms with van der Waals surface area (Å²) in [6.07, 6.45) is -3.16. The fraction of sp³-hybridized carbons (Fsp3) is 0.632. The molecule has 3 aliphatic rings. The van der Waals surface area contributed by atoms with E-state index in [0.29, 0.717) is 25.4 Å². The van der Waals surface area contributed by atoms with Crippen LogP contribution >= 0.6 is 11.3 Å². The van der Waals surface area contributed by atoms with Crippen LogP contribution in [0.15, 0.2) is 16.4 Å². The third-order valence-corrected chi connectivity index (χ3v) is 7.49. The molecule has 162 valence electrons. The summed E-state index contributed by atoms with van der Waals surface area (Å²) in [7, 11) is 0. The number of anilines is 2. The SMILES string of the molecule is Cc1ncsc1CCN1c2nc(N3C[C@@H]4C[C@H]3CO4)cc(=O)n2C[C@@]1(C)C(F)(F)F. The van der Waals surface area contributed by atoms with E-state index < -0.39 is 23.8 Å². The van der Waals surface area contributed by atoms with Crippen molar-refractivity contribution in [3.05, 3.63) is 32.5 Å². The van der Waals surface area contributed by atoms with Gasteiger partial charge >= 0.3 is 6.18 Å². The van der Waals surface area contributed by atoms with Gasteiger partial charge in [-0.25, -0.2) is 4.98 Å². The monoisotopic (exact) mass is 441 g/mol. The van der Waals surface area contributed by atoms with E-state index in [1.807, 2.05) is 11.8 Å². The second-order valence-electron chi connectivity index (χ2n) is 8.37. The number of fused-ring (bicyclic) bond motifs is 3. The van der Waals surface area contributed by atoms with E-state index in [1.165, 1.54) is 22.3 Å². The number of morpholine rings is 1. The first-order valence-electron chi connectivity index (χ1n) is 9.91. The van der Waals surface area contributed by atoms with Crippen LogP contribution in [0.4, 0.5) is 24.9 Å². The zero-order chi connectivity index (χ0) is 21.3. The summed E-state index contributed by atoms with van der Waals surface area (Å²) in [5.74, 6) is 0.524. The molecule has 7 nitrogen and oxygen atoms in total. The van der Waals surface area contributed by atoms with Gasteiger partial charge in [-0.15, -0.1) is 11.3 Å². The molecular formula is C19H22F3N5O2S. The van der Waals surface area contributed by atoms with Gasteiger partial charge in [0, 0.05) is 30.5 Å². The van der Waals surface area contributed by atoms with Crippen molar-refractivity contribution < 1.29 is 17.9 Å². The van der Waals surface area contributed by atoms with Crippen LogP contribution in [-0.2, 0) is 17.7 Å². The van der Waals surface area contributed by atoms with E-state index in [0.717, 1.165) is 28.5 Å². The molecule has 5 rings (SSSR count). The molecule has 0 unspecified atom stereocenters. The normalized spacial score (nSPS) is 27.9. The maximum Gasteiger partial charge on any atom is 0.413 e. The Morgan fingerprint density at radius 3 is 2.80 bits per heavy atom. The first kappa shape index (κ1) is 19.8. The third-order valence-electron chi connectivity index (χ3n) is 6.49. The molecule has 3 aliphatic heterocycles. The standard InChI is InChI=1S/C19H22F3N5O2S/c1-11-14(30-10-23-11)3-4-27-17-24-15(25-7-13-5-12(25)8-29-13)6-16(28)26(17)9-18(27,2)19(20,21)22/h6,10,12-13H,3-5,7-9H2,1-2H3/t12-,13-,18-/m0/s1. The summed E-state index contributed by atoms with van der Waals surface area (Å²) in [5, 5.41) is 0. The summed E-state index contributed by atoms with van der Waals surface area (Å²) < 4.78 is 49.2. The smallest absolute Gasteiger partial charge is 0.374 e. The van der Waals surface area contributed by atoms with Crippen LogP contribution in [0.1, 0.15) is 23.9 Å². The molecular weight excluding hydrogens is 419 g/mol. The number of aromatic nitrogens is 3. The van der Waals surface area contributed by atoms with Crippen molar-refractivity contribution in [2.45, 2.75) is 57.1 Å². The lowest BCUT2D eigenvalue weighted by Crippen LogP contribution is -2.56. The quantitative estimate of drug-likeness (QED) is 0.726. The average molecular weight is 441 g/mol. The molecule has 11 heteroatoms. The molecule has 0 N–H and O–H groups in total. The molecule has 0 radical (unpaired) electrons. The van der Waals surface area contributed by atoms with Crippen LogP contribution < -0.4 is 15.4 Å². The van der Waals surface area contributed by atoms with Gasteiger partial charge in [-0.1, -0.05) is 0 Å². The Morgan fingerprint density at radius 2 is 2.20 bits per heavy atom. The minimum Gasteiger partial charge on any atom is -0.374 e. The summed E-state index contributed by atoms with van der Waals surface area (Å²) in [5.41, 5.74) is -0.140. The predicted molar refractivity (Wildman–Crippen MR) is 106 cm³/mol. The lowest BCUT2D eigenvalue weighted by atomic mass is 10.0. The second kappa shape index (κ2) is 6.68. The van der Waals surface area contributed by atoms with Crippen LogP contribution in [0.25, 0.3) is 0 Å². The average Bonchev–Trinajstić information content (AvgIpc) is 3.44. The topological polar surface area (TPSA) is 63.5 Å². The Labute approximate surface area is 175 Å². The van der Waals surface area contributed by atoms with Gasteiger partial charge in [-0.3, -0.25) is 9.36 Å². The molecule has 0 aromatic carbocycles. The van der Waals surface area contributed by atoms with Crippen LogP contribution in [0, 0.1) is 6.92 Å². The van der Waals surface area contributed by atoms with Gasteiger partial charge in [0.05, 0.1) is 36.5 Å². The Morgan fingerprint density at radius 1 is 1.40 bits per heavy atom. The van der Waals surface area contributed by atoms with E-state index >= 15 is 0 Å².